The third-order valence-corrected chi connectivity index (χ3v) is 12.4. The molecule has 0 radical (unpaired) electrons. The van der Waals surface area contributed by atoms with Gasteiger partial charge in [0.1, 0.15) is 0 Å². The van der Waals surface area contributed by atoms with Crippen LogP contribution in [-0.2, 0) is 0 Å². The molecule has 0 aliphatic heterocycles. The van der Waals surface area contributed by atoms with Crippen molar-refractivity contribution in [3.8, 4) is 0 Å². The average Bonchev–Trinajstić information content (AvgIpc) is 3.24. The molecule has 6 aliphatic rings. The molecule has 0 amide bonds. The molecule has 6 saturated carbocycles. The Bertz CT molecular complexity index is 606. The Balaban J connectivity index is 1.13. The molecule has 1 heteroatoms. The summed E-state index contributed by atoms with van der Waals surface area (Å²) < 4.78 is 0. The number of nitrogens with zero attached hydrogens (tertiary/aromatic N) is 1. The minimum Gasteiger partial charge on any atom is -0.294 e. The number of fused-ring (bicyclic) bond motifs is 3. The van der Waals surface area contributed by atoms with Crippen molar-refractivity contribution in [1.82, 2.24) is 4.90 Å². The maximum Gasteiger partial charge on any atom is 0.0104 e. The molecule has 0 heterocycles. The topological polar surface area (TPSA) is 3.24 Å². The zero-order valence-corrected chi connectivity index (χ0v) is 22.1. The fourth-order valence-electron chi connectivity index (χ4n) is 10.8. The molecule has 0 spiro atoms. The first-order chi connectivity index (χ1) is 16.3. The Morgan fingerprint density at radius 3 is 1.70 bits per heavy atom. The van der Waals surface area contributed by atoms with Gasteiger partial charge in [0.15, 0.2) is 0 Å². The van der Waals surface area contributed by atoms with Crippen LogP contribution in [0.1, 0.15) is 142 Å². The van der Waals surface area contributed by atoms with Crippen molar-refractivity contribution in [2.75, 3.05) is 0 Å². The first-order valence-corrected chi connectivity index (χ1v) is 16.0. The van der Waals surface area contributed by atoms with Crippen molar-refractivity contribution in [3.63, 3.8) is 0 Å². The lowest BCUT2D eigenvalue weighted by atomic mass is 9.70. The predicted octanol–water partition coefficient (Wildman–Crippen LogP) is 9.00. The lowest BCUT2D eigenvalue weighted by Gasteiger charge is -2.51. The standard InChI is InChI=1S/C32H55N/c1-23-11-15-28(16-12-23)33(29-17-13-25(14-18-29)24-7-3-2-4-8-24)30-19-20-32-27(22-30)21-26-9-5-6-10-31(26)32/h23-32H,2-22H2,1H3. The summed E-state index contributed by atoms with van der Waals surface area (Å²) in [5.41, 5.74) is 0. The highest BCUT2D eigenvalue weighted by Crippen LogP contribution is 2.55. The Kier molecular flexibility index (Phi) is 7.45. The van der Waals surface area contributed by atoms with Crippen LogP contribution in [-0.4, -0.2) is 23.0 Å². The van der Waals surface area contributed by atoms with Gasteiger partial charge >= 0.3 is 0 Å². The fraction of sp³-hybridized carbons (Fsp3) is 1.00. The van der Waals surface area contributed by atoms with E-state index in [1.165, 1.54) is 44.9 Å². The monoisotopic (exact) mass is 453 g/mol. The molecule has 6 aliphatic carbocycles. The highest BCUT2D eigenvalue weighted by molar-refractivity contribution is 5.00. The van der Waals surface area contributed by atoms with Gasteiger partial charge in [0.05, 0.1) is 0 Å². The van der Waals surface area contributed by atoms with Crippen LogP contribution in [0.15, 0.2) is 0 Å². The molecular weight excluding hydrogens is 398 g/mol. The maximum atomic E-state index is 3.27. The van der Waals surface area contributed by atoms with Crippen LogP contribution in [0.25, 0.3) is 0 Å². The highest BCUT2D eigenvalue weighted by atomic mass is 15.2. The summed E-state index contributed by atoms with van der Waals surface area (Å²) in [5, 5.41) is 0. The van der Waals surface area contributed by atoms with E-state index < -0.39 is 0 Å². The van der Waals surface area contributed by atoms with E-state index >= 15 is 0 Å². The second kappa shape index (κ2) is 10.5. The second-order valence-corrected chi connectivity index (χ2v) is 14.2. The van der Waals surface area contributed by atoms with E-state index in [0.717, 1.165) is 59.6 Å². The lowest BCUT2D eigenvalue weighted by molar-refractivity contribution is -0.0123. The van der Waals surface area contributed by atoms with Crippen LogP contribution < -0.4 is 0 Å². The van der Waals surface area contributed by atoms with E-state index in [1.54, 1.807) is 89.9 Å². The van der Waals surface area contributed by atoms with Gasteiger partial charge < -0.3 is 0 Å². The summed E-state index contributed by atoms with van der Waals surface area (Å²) in [7, 11) is 0. The molecule has 0 N–H and O–H groups in total. The SMILES string of the molecule is CC1CCC(N(C2CCC(C3CCCCC3)CC2)C2CCC3C(CC4CCCCC43)C2)CC1. The summed E-state index contributed by atoms with van der Waals surface area (Å²) >= 11 is 0. The third kappa shape index (κ3) is 4.97. The first-order valence-electron chi connectivity index (χ1n) is 16.0. The molecule has 1 nitrogen and oxygen atoms in total. The van der Waals surface area contributed by atoms with E-state index in [4.69, 9.17) is 0 Å². The van der Waals surface area contributed by atoms with Crippen LogP contribution in [0.3, 0.4) is 0 Å². The molecule has 0 saturated heterocycles. The van der Waals surface area contributed by atoms with Gasteiger partial charge in [-0.3, -0.25) is 4.90 Å². The molecule has 0 bridgehead atoms. The lowest BCUT2D eigenvalue weighted by Crippen LogP contribution is -2.53. The molecule has 188 valence electrons. The number of rotatable bonds is 4. The van der Waals surface area contributed by atoms with Gasteiger partial charge in [-0.15, -0.1) is 0 Å². The van der Waals surface area contributed by atoms with Crippen LogP contribution >= 0.6 is 0 Å². The summed E-state index contributed by atoms with van der Waals surface area (Å²) in [6.45, 7) is 2.52. The molecule has 5 unspecified atom stereocenters. The molecule has 0 aromatic heterocycles. The molecule has 6 rings (SSSR count). The van der Waals surface area contributed by atoms with Crippen molar-refractivity contribution in [1.29, 1.82) is 0 Å². The Hall–Kier alpha value is -0.0400. The van der Waals surface area contributed by atoms with Gasteiger partial charge in [0.25, 0.3) is 0 Å². The zero-order chi connectivity index (χ0) is 22.2. The van der Waals surface area contributed by atoms with E-state index in [0.29, 0.717) is 0 Å². The molecule has 0 aromatic carbocycles. The first kappa shape index (κ1) is 23.4. The second-order valence-electron chi connectivity index (χ2n) is 14.2. The van der Waals surface area contributed by atoms with Crippen molar-refractivity contribution in [3.05, 3.63) is 0 Å². The Labute approximate surface area is 206 Å². The van der Waals surface area contributed by atoms with Crippen molar-refractivity contribution in [2.45, 2.75) is 160 Å². The van der Waals surface area contributed by atoms with E-state index in [2.05, 4.69) is 11.8 Å². The number of hydrogen-bond acceptors (Lipinski definition) is 1. The van der Waals surface area contributed by atoms with Crippen molar-refractivity contribution >= 4 is 0 Å². The summed E-state index contributed by atoms with van der Waals surface area (Å²) in [4.78, 5) is 3.27. The Morgan fingerprint density at radius 1 is 0.394 bits per heavy atom. The number of hydrogen-bond donors (Lipinski definition) is 0. The van der Waals surface area contributed by atoms with Crippen LogP contribution in [0.5, 0.6) is 0 Å². The van der Waals surface area contributed by atoms with Gasteiger partial charge in [-0.25, -0.2) is 0 Å². The van der Waals surface area contributed by atoms with Crippen molar-refractivity contribution < 1.29 is 0 Å². The van der Waals surface area contributed by atoms with Gasteiger partial charge in [0, 0.05) is 18.1 Å². The quantitative estimate of drug-likeness (QED) is 0.410. The van der Waals surface area contributed by atoms with Crippen LogP contribution in [0, 0.1) is 41.4 Å². The van der Waals surface area contributed by atoms with Gasteiger partial charge in [-0.05, 0) is 125 Å². The molecular formula is C32H55N. The molecule has 33 heavy (non-hydrogen) atoms. The van der Waals surface area contributed by atoms with E-state index in [-0.39, 0.29) is 0 Å². The van der Waals surface area contributed by atoms with Gasteiger partial charge in [-0.1, -0.05) is 58.3 Å². The normalized spacial score (nSPS) is 47.3. The highest BCUT2D eigenvalue weighted by Gasteiger charge is 2.48. The largest absolute Gasteiger partial charge is 0.294 e. The Morgan fingerprint density at radius 2 is 0.939 bits per heavy atom. The molecule has 6 fully saturated rings. The minimum absolute atomic E-state index is 0.933. The average molecular weight is 454 g/mol. The van der Waals surface area contributed by atoms with E-state index in [9.17, 15) is 0 Å². The molecule has 0 aromatic rings. The fourth-order valence-corrected chi connectivity index (χ4v) is 10.8. The van der Waals surface area contributed by atoms with Crippen LogP contribution in [0.4, 0.5) is 0 Å². The zero-order valence-electron chi connectivity index (χ0n) is 22.1. The smallest absolute Gasteiger partial charge is 0.0104 e. The van der Waals surface area contributed by atoms with Gasteiger partial charge in [-0.2, -0.15) is 0 Å². The van der Waals surface area contributed by atoms with Crippen molar-refractivity contribution in [2.24, 2.45) is 41.4 Å². The van der Waals surface area contributed by atoms with E-state index in [1.807, 2.05) is 0 Å². The summed E-state index contributed by atoms with van der Waals surface area (Å²) in [6, 6.07) is 2.82. The summed E-state index contributed by atoms with van der Waals surface area (Å²) in [5.74, 6) is 7.66. The minimum atomic E-state index is 0.933. The van der Waals surface area contributed by atoms with Gasteiger partial charge in [0.2, 0.25) is 0 Å². The van der Waals surface area contributed by atoms with Crippen LogP contribution in [0.2, 0.25) is 0 Å². The maximum absolute atomic E-state index is 3.27. The molecule has 5 atom stereocenters. The predicted molar refractivity (Wildman–Crippen MR) is 140 cm³/mol. The summed E-state index contributed by atoms with van der Waals surface area (Å²) in [6.07, 6.45) is 32.6. The third-order valence-electron chi connectivity index (χ3n) is 12.4.